The summed E-state index contributed by atoms with van der Waals surface area (Å²) in [6.45, 7) is 2.55. The number of nitrogens with zero attached hydrogens (tertiary/aromatic N) is 7. The van der Waals surface area contributed by atoms with E-state index in [4.69, 9.17) is 0 Å². The molecule has 2 fully saturated rings. The number of hydrogen-bond donors (Lipinski definition) is 0. The lowest BCUT2D eigenvalue weighted by Crippen LogP contribution is -2.61. The normalized spacial score (nSPS) is 20.5. The van der Waals surface area contributed by atoms with E-state index in [1.54, 1.807) is 22.2 Å². The van der Waals surface area contributed by atoms with Crippen LogP contribution < -0.4 is 4.90 Å². The van der Waals surface area contributed by atoms with Crippen molar-refractivity contribution < 1.29 is 8.42 Å². The summed E-state index contributed by atoms with van der Waals surface area (Å²) < 4.78 is 29.8. The van der Waals surface area contributed by atoms with Crippen LogP contribution in [-0.2, 0) is 10.2 Å². The van der Waals surface area contributed by atoms with E-state index in [0.717, 1.165) is 18.7 Å². The van der Waals surface area contributed by atoms with E-state index < -0.39 is 10.2 Å². The fourth-order valence-corrected chi connectivity index (χ4v) is 4.64. The maximum absolute atomic E-state index is 12.5. The van der Waals surface area contributed by atoms with E-state index in [9.17, 15) is 8.42 Å². The maximum atomic E-state index is 12.5. The minimum atomic E-state index is -3.34. The summed E-state index contributed by atoms with van der Waals surface area (Å²) in [5.41, 5.74) is 0.694. The molecular weight excluding hydrogens is 318 g/mol. The molecule has 10 heteroatoms. The van der Waals surface area contributed by atoms with Gasteiger partial charge in [0.1, 0.15) is 12.1 Å². The number of fused-ring (bicyclic) bond motifs is 1. The first-order valence-electron chi connectivity index (χ1n) is 7.71. The summed E-state index contributed by atoms with van der Waals surface area (Å²) in [6.07, 6.45) is 3.46. The Balaban J connectivity index is 1.44. The molecular formula is C13H19N7O2S. The van der Waals surface area contributed by atoms with Crippen LogP contribution in [0.3, 0.4) is 0 Å². The zero-order chi connectivity index (χ0) is 16.0. The summed E-state index contributed by atoms with van der Waals surface area (Å²) in [5.74, 6) is 0.806. The van der Waals surface area contributed by atoms with Gasteiger partial charge in [0.05, 0.1) is 6.04 Å². The molecule has 9 nitrogen and oxygen atoms in total. The largest absolute Gasteiger partial charge is 0.352 e. The minimum Gasteiger partial charge on any atom is -0.352 e. The van der Waals surface area contributed by atoms with Crippen molar-refractivity contribution in [3.05, 3.63) is 18.5 Å². The Kier molecular flexibility index (Phi) is 3.47. The monoisotopic (exact) mass is 337 g/mol. The summed E-state index contributed by atoms with van der Waals surface area (Å²) in [7, 11) is -1.66. The van der Waals surface area contributed by atoms with Crippen LogP contribution in [0.4, 0.5) is 5.82 Å². The van der Waals surface area contributed by atoms with Crippen LogP contribution in [0.1, 0.15) is 12.8 Å². The third-order valence-electron chi connectivity index (χ3n) is 4.60. The van der Waals surface area contributed by atoms with Crippen molar-refractivity contribution in [1.29, 1.82) is 0 Å². The van der Waals surface area contributed by atoms with Gasteiger partial charge in [-0.2, -0.15) is 21.5 Å². The van der Waals surface area contributed by atoms with Crippen LogP contribution in [-0.4, -0.2) is 76.1 Å². The summed E-state index contributed by atoms with van der Waals surface area (Å²) >= 11 is 0. The molecule has 0 atom stereocenters. The molecule has 0 N–H and O–H groups in total. The standard InChI is InChI=1S/C13H19N7O2S/c1-17(23(21,22)19-6-2-3-7-19)11-8-18(9-11)13-5-4-12-15-14-10-20(12)16-13/h4-5,10-11H,2-3,6-9H2,1H3. The van der Waals surface area contributed by atoms with Crippen molar-refractivity contribution >= 4 is 21.7 Å². The molecule has 2 aliphatic rings. The molecule has 124 valence electrons. The molecule has 2 saturated heterocycles. The number of aromatic nitrogens is 4. The van der Waals surface area contributed by atoms with Crippen LogP contribution in [0, 0.1) is 0 Å². The molecule has 0 aliphatic carbocycles. The first-order chi connectivity index (χ1) is 11.1. The Morgan fingerprint density at radius 1 is 1.22 bits per heavy atom. The minimum absolute atomic E-state index is 0.0148. The van der Waals surface area contributed by atoms with E-state index in [0.29, 0.717) is 31.8 Å². The molecule has 23 heavy (non-hydrogen) atoms. The van der Waals surface area contributed by atoms with Gasteiger partial charge in [-0.25, -0.2) is 0 Å². The van der Waals surface area contributed by atoms with Gasteiger partial charge in [-0.1, -0.05) is 0 Å². The first-order valence-corrected chi connectivity index (χ1v) is 9.10. The number of hydrogen-bond acceptors (Lipinski definition) is 6. The number of rotatable bonds is 4. The molecule has 2 aromatic heterocycles. The van der Waals surface area contributed by atoms with E-state index in [2.05, 4.69) is 20.2 Å². The lowest BCUT2D eigenvalue weighted by molar-refractivity contribution is 0.287. The molecule has 2 aliphatic heterocycles. The van der Waals surface area contributed by atoms with Crippen molar-refractivity contribution in [3.63, 3.8) is 0 Å². The van der Waals surface area contributed by atoms with E-state index in [1.165, 1.54) is 4.31 Å². The van der Waals surface area contributed by atoms with Gasteiger partial charge in [-0.05, 0) is 25.0 Å². The van der Waals surface area contributed by atoms with Crippen LogP contribution in [0.2, 0.25) is 0 Å². The average molecular weight is 337 g/mol. The Hall–Kier alpha value is -1.78. The molecule has 0 saturated carbocycles. The van der Waals surface area contributed by atoms with Crippen molar-refractivity contribution in [2.24, 2.45) is 0 Å². The highest BCUT2D eigenvalue weighted by molar-refractivity contribution is 7.86. The predicted molar refractivity (Wildman–Crippen MR) is 84.3 cm³/mol. The van der Waals surface area contributed by atoms with Crippen molar-refractivity contribution in [2.75, 3.05) is 38.1 Å². The van der Waals surface area contributed by atoms with Gasteiger partial charge in [-0.15, -0.1) is 15.3 Å². The molecule has 0 radical (unpaired) electrons. The van der Waals surface area contributed by atoms with Crippen LogP contribution >= 0.6 is 0 Å². The Morgan fingerprint density at radius 3 is 2.70 bits per heavy atom. The van der Waals surface area contributed by atoms with Crippen LogP contribution in [0.5, 0.6) is 0 Å². The Morgan fingerprint density at radius 2 is 1.96 bits per heavy atom. The quantitative estimate of drug-likeness (QED) is 0.753. The molecule has 0 spiro atoms. The molecule has 2 aromatic rings. The molecule has 0 amide bonds. The second-order valence-electron chi connectivity index (χ2n) is 6.01. The van der Waals surface area contributed by atoms with Crippen LogP contribution in [0.15, 0.2) is 18.5 Å². The topological polar surface area (TPSA) is 86.9 Å². The number of likely N-dealkylation sites (N-methyl/N-ethyl adjacent to an activating group) is 1. The van der Waals surface area contributed by atoms with Crippen LogP contribution in [0.25, 0.3) is 5.65 Å². The number of anilines is 1. The fourth-order valence-electron chi connectivity index (χ4n) is 3.05. The SMILES string of the molecule is CN(C1CN(c2ccc3nncn3n2)C1)S(=O)(=O)N1CCCC1. The summed E-state index contributed by atoms with van der Waals surface area (Å²) in [4.78, 5) is 2.06. The first kappa shape index (κ1) is 14.8. The van der Waals surface area contributed by atoms with E-state index in [-0.39, 0.29) is 6.04 Å². The zero-order valence-corrected chi connectivity index (χ0v) is 13.7. The van der Waals surface area contributed by atoms with Gasteiger partial charge in [-0.3, -0.25) is 0 Å². The highest BCUT2D eigenvalue weighted by atomic mass is 32.2. The lowest BCUT2D eigenvalue weighted by atomic mass is 10.1. The zero-order valence-electron chi connectivity index (χ0n) is 12.9. The highest BCUT2D eigenvalue weighted by Gasteiger charge is 2.39. The van der Waals surface area contributed by atoms with Gasteiger partial charge in [0.25, 0.3) is 10.2 Å². The lowest BCUT2D eigenvalue weighted by Gasteiger charge is -2.44. The molecule has 0 bridgehead atoms. The smallest absolute Gasteiger partial charge is 0.282 e. The van der Waals surface area contributed by atoms with Gasteiger partial charge >= 0.3 is 0 Å². The summed E-state index contributed by atoms with van der Waals surface area (Å²) in [5, 5.41) is 12.2. The predicted octanol–water partition coefficient (Wildman–Crippen LogP) is -0.415. The highest BCUT2D eigenvalue weighted by Crippen LogP contribution is 2.25. The van der Waals surface area contributed by atoms with Crippen molar-refractivity contribution in [1.82, 2.24) is 28.4 Å². The van der Waals surface area contributed by atoms with E-state index in [1.807, 2.05) is 12.1 Å². The van der Waals surface area contributed by atoms with Gasteiger partial charge in [0, 0.05) is 33.2 Å². The van der Waals surface area contributed by atoms with Crippen molar-refractivity contribution in [3.8, 4) is 0 Å². The van der Waals surface area contributed by atoms with Crippen molar-refractivity contribution in [2.45, 2.75) is 18.9 Å². The Bertz CT molecular complexity index is 809. The van der Waals surface area contributed by atoms with Gasteiger partial charge in [0.15, 0.2) is 5.65 Å². The Labute approximate surface area is 134 Å². The third kappa shape index (κ3) is 2.46. The molecule has 0 unspecified atom stereocenters. The average Bonchev–Trinajstić information content (AvgIpc) is 3.16. The maximum Gasteiger partial charge on any atom is 0.282 e. The van der Waals surface area contributed by atoms with Gasteiger partial charge < -0.3 is 4.90 Å². The molecule has 0 aromatic carbocycles. The van der Waals surface area contributed by atoms with Gasteiger partial charge in [0.2, 0.25) is 0 Å². The molecule has 4 heterocycles. The third-order valence-corrected chi connectivity index (χ3v) is 6.65. The second kappa shape index (κ2) is 5.39. The summed E-state index contributed by atoms with van der Waals surface area (Å²) in [6, 6.07) is 3.72. The molecule has 4 rings (SSSR count). The fraction of sp³-hybridized carbons (Fsp3) is 0.615. The van der Waals surface area contributed by atoms with E-state index >= 15 is 0 Å². The second-order valence-corrected chi connectivity index (χ2v) is 8.00.